The maximum Gasteiger partial charge on any atom is 0.264 e. The molecule has 100 valence electrons. The first-order valence-corrected chi connectivity index (χ1v) is 6.55. The van der Waals surface area contributed by atoms with Crippen LogP contribution in [-0.2, 0) is 4.79 Å². The Morgan fingerprint density at radius 1 is 1.37 bits per heavy atom. The second-order valence-electron chi connectivity index (χ2n) is 3.78. The minimum absolute atomic E-state index is 0.0843. The SMILES string of the molecule is COc1ccccc1OCC(=O)Nc1nc(C)cs1. The molecule has 0 bridgehead atoms. The highest BCUT2D eigenvalue weighted by Gasteiger charge is 2.08. The van der Waals surface area contributed by atoms with E-state index in [0.717, 1.165) is 5.69 Å². The summed E-state index contributed by atoms with van der Waals surface area (Å²) in [7, 11) is 1.56. The van der Waals surface area contributed by atoms with Gasteiger partial charge in [-0.25, -0.2) is 4.98 Å². The molecular weight excluding hydrogens is 264 g/mol. The lowest BCUT2D eigenvalue weighted by Gasteiger charge is -2.09. The molecule has 19 heavy (non-hydrogen) atoms. The molecule has 0 saturated carbocycles. The number of aryl methyl sites for hydroxylation is 1. The van der Waals surface area contributed by atoms with Crippen molar-refractivity contribution in [3.63, 3.8) is 0 Å². The first-order valence-electron chi connectivity index (χ1n) is 5.67. The number of carbonyl (C=O) groups is 1. The van der Waals surface area contributed by atoms with E-state index in [1.54, 1.807) is 19.2 Å². The van der Waals surface area contributed by atoms with Crippen molar-refractivity contribution < 1.29 is 14.3 Å². The number of thiazole rings is 1. The lowest BCUT2D eigenvalue weighted by molar-refractivity contribution is -0.118. The Labute approximate surface area is 115 Å². The van der Waals surface area contributed by atoms with Gasteiger partial charge in [0.2, 0.25) is 0 Å². The molecule has 1 aromatic heterocycles. The Morgan fingerprint density at radius 3 is 2.74 bits per heavy atom. The molecule has 0 atom stereocenters. The maximum absolute atomic E-state index is 11.7. The molecule has 6 heteroatoms. The van der Waals surface area contributed by atoms with E-state index in [1.165, 1.54) is 11.3 Å². The van der Waals surface area contributed by atoms with Gasteiger partial charge in [0.1, 0.15) is 0 Å². The van der Waals surface area contributed by atoms with Crippen molar-refractivity contribution in [2.45, 2.75) is 6.92 Å². The zero-order valence-corrected chi connectivity index (χ0v) is 11.5. The molecule has 1 heterocycles. The van der Waals surface area contributed by atoms with Crippen LogP contribution in [0, 0.1) is 6.92 Å². The van der Waals surface area contributed by atoms with Crippen LogP contribution in [0.15, 0.2) is 29.6 Å². The topological polar surface area (TPSA) is 60.5 Å². The van der Waals surface area contributed by atoms with Crippen molar-refractivity contribution in [3.8, 4) is 11.5 Å². The molecule has 0 aliphatic rings. The minimum Gasteiger partial charge on any atom is -0.493 e. The van der Waals surface area contributed by atoms with Gasteiger partial charge in [-0.2, -0.15) is 0 Å². The summed E-state index contributed by atoms with van der Waals surface area (Å²) in [5.41, 5.74) is 0.881. The number of nitrogens with one attached hydrogen (secondary N) is 1. The zero-order valence-electron chi connectivity index (χ0n) is 10.7. The Morgan fingerprint density at radius 2 is 2.11 bits per heavy atom. The van der Waals surface area contributed by atoms with Gasteiger partial charge in [0, 0.05) is 5.38 Å². The Balaban J connectivity index is 1.89. The summed E-state index contributed by atoms with van der Waals surface area (Å²) in [5, 5.41) is 5.12. The molecule has 1 amide bonds. The monoisotopic (exact) mass is 278 g/mol. The van der Waals surface area contributed by atoms with Crippen LogP contribution in [-0.4, -0.2) is 24.6 Å². The first kappa shape index (κ1) is 13.4. The van der Waals surface area contributed by atoms with Crippen molar-refractivity contribution in [2.75, 3.05) is 19.0 Å². The molecule has 0 unspecified atom stereocenters. The third kappa shape index (κ3) is 3.69. The van der Waals surface area contributed by atoms with Crippen LogP contribution < -0.4 is 14.8 Å². The number of ether oxygens (including phenoxy) is 2. The van der Waals surface area contributed by atoms with Crippen LogP contribution in [0.2, 0.25) is 0 Å². The molecule has 0 spiro atoms. The smallest absolute Gasteiger partial charge is 0.264 e. The van der Waals surface area contributed by atoms with Crippen molar-refractivity contribution in [1.29, 1.82) is 0 Å². The number of para-hydroxylation sites is 2. The summed E-state index contributed by atoms with van der Waals surface area (Å²) >= 11 is 1.38. The molecule has 0 aliphatic carbocycles. The Bertz CT molecular complexity index is 569. The summed E-state index contributed by atoms with van der Waals surface area (Å²) in [6.07, 6.45) is 0. The summed E-state index contributed by atoms with van der Waals surface area (Å²) in [6, 6.07) is 7.18. The predicted octanol–water partition coefficient (Wildman–Crippen LogP) is 2.48. The first-order chi connectivity index (χ1) is 9.19. The van der Waals surface area contributed by atoms with Gasteiger partial charge in [0.25, 0.3) is 5.91 Å². The molecule has 1 N–H and O–H groups in total. The van der Waals surface area contributed by atoms with E-state index in [2.05, 4.69) is 10.3 Å². The fourth-order valence-electron chi connectivity index (χ4n) is 1.45. The van der Waals surface area contributed by atoms with E-state index in [0.29, 0.717) is 16.6 Å². The second-order valence-corrected chi connectivity index (χ2v) is 4.64. The van der Waals surface area contributed by atoms with Gasteiger partial charge in [0.05, 0.1) is 12.8 Å². The van der Waals surface area contributed by atoms with E-state index in [-0.39, 0.29) is 12.5 Å². The number of hydrogen-bond donors (Lipinski definition) is 1. The van der Waals surface area contributed by atoms with Gasteiger partial charge < -0.3 is 9.47 Å². The molecule has 0 saturated heterocycles. The van der Waals surface area contributed by atoms with Crippen LogP contribution in [0.1, 0.15) is 5.69 Å². The Hall–Kier alpha value is -2.08. The van der Waals surface area contributed by atoms with E-state index < -0.39 is 0 Å². The number of amides is 1. The molecule has 0 radical (unpaired) electrons. The molecule has 1 aromatic carbocycles. The molecule has 2 rings (SSSR count). The number of nitrogens with zero attached hydrogens (tertiary/aromatic N) is 1. The molecule has 0 aliphatic heterocycles. The van der Waals surface area contributed by atoms with Crippen LogP contribution in [0.3, 0.4) is 0 Å². The summed E-state index contributed by atoms with van der Waals surface area (Å²) in [6.45, 7) is 1.79. The fourth-order valence-corrected chi connectivity index (χ4v) is 2.15. The number of methoxy groups -OCH3 is 1. The number of hydrogen-bond acceptors (Lipinski definition) is 5. The average Bonchev–Trinajstić information content (AvgIpc) is 2.82. The standard InChI is InChI=1S/C13H14N2O3S/c1-9-8-19-13(14-9)15-12(16)7-18-11-6-4-3-5-10(11)17-2/h3-6,8H,7H2,1-2H3,(H,14,15,16). The minimum atomic E-state index is -0.250. The summed E-state index contributed by atoms with van der Waals surface area (Å²) in [5.74, 6) is 0.885. The largest absolute Gasteiger partial charge is 0.493 e. The molecule has 2 aromatic rings. The zero-order chi connectivity index (χ0) is 13.7. The van der Waals surface area contributed by atoms with E-state index >= 15 is 0 Å². The van der Waals surface area contributed by atoms with Gasteiger partial charge in [0.15, 0.2) is 23.2 Å². The van der Waals surface area contributed by atoms with Crippen molar-refractivity contribution >= 4 is 22.4 Å². The van der Waals surface area contributed by atoms with Crippen LogP contribution >= 0.6 is 11.3 Å². The van der Waals surface area contributed by atoms with Gasteiger partial charge >= 0.3 is 0 Å². The fraction of sp³-hybridized carbons (Fsp3) is 0.231. The number of carbonyl (C=O) groups excluding carboxylic acids is 1. The summed E-state index contributed by atoms with van der Waals surface area (Å²) in [4.78, 5) is 15.8. The second kappa shape index (κ2) is 6.19. The van der Waals surface area contributed by atoms with E-state index in [4.69, 9.17) is 9.47 Å². The molecular formula is C13H14N2O3S. The van der Waals surface area contributed by atoms with Gasteiger partial charge in [-0.3, -0.25) is 10.1 Å². The highest BCUT2D eigenvalue weighted by atomic mass is 32.1. The third-order valence-corrected chi connectivity index (χ3v) is 3.17. The maximum atomic E-state index is 11.7. The summed E-state index contributed by atoms with van der Waals surface area (Å²) < 4.78 is 10.5. The number of anilines is 1. The van der Waals surface area contributed by atoms with Gasteiger partial charge in [-0.15, -0.1) is 11.3 Å². The Kier molecular flexibility index (Phi) is 4.35. The van der Waals surface area contributed by atoms with Crippen molar-refractivity contribution in [1.82, 2.24) is 4.98 Å². The quantitative estimate of drug-likeness (QED) is 0.912. The molecule has 0 fully saturated rings. The normalized spacial score (nSPS) is 10.0. The highest BCUT2D eigenvalue weighted by molar-refractivity contribution is 7.13. The highest BCUT2D eigenvalue weighted by Crippen LogP contribution is 2.25. The number of benzene rings is 1. The van der Waals surface area contributed by atoms with Crippen molar-refractivity contribution in [3.05, 3.63) is 35.3 Å². The number of aromatic nitrogens is 1. The van der Waals surface area contributed by atoms with Crippen LogP contribution in [0.4, 0.5) is 5.13 Å². The van der Waals surface area contributed by atoms with Gasteiger partial charge in [-0.1, -0.05) is 12.1 Å². The third-order valence-electron chi connectivity index (χ3n) is 2.29. The predicted molar refractivity (Wildman–Crippen MR) is 74.0 cm³/mol. The lowest BCUT2D eigenvalue weighted by Crippen LogP contribution is -2.20. The van der Waals surface area contributed by atoms with Gasteiger partial charge in [-0.05, 0) is 19.1 Å². The lowest BCUT2D eigenvalue weighted by atomic mass is 10.3. The van der Waals surface area contributed by atoms with Crippen LogP contribution in [0.25, 0.3) is 0 Å². The number of rotatable bonds is 5. The van der Waals surface area contributed by atoms with E-state index in [1.807, 2.05) is 24.4 Å². The van der Waals surface area contributed by atoms with Crippen molar-refractivity contribution in [2.24, 2.45) is 0 Å². The van der Waals surface area contributed by atoms with Crippen LogP contribution in [0.5, 0.6) is 11.5 Å². The average molecular weight is 278 g/mol. The van der Waals surface area contributed by atoms with E-state index in [9.17, 15) is 4.79 Å². The molecule has 5 nitrogen and oxygen atoms in total.